The second-order valence-corrected chi connectivity index (χ2v) is 18.3. The molecule has 7 atom stereocenters. The zero-order valence-electron chi connectivity index (χ0n) is 30.7. The molecule has 3 fully saturated rings. The maximum atomic E-state index is 14.4. The van der Waals surface area contributed by atoms with Crippen LogP contribution in [0, 0.1) is 34.5 Å². The molecular weight excluding hydrogens is 660 g/mol. The fourth-order valence-corrected chi connectivity index (χ4v) is 8.71. The SMILES string of the molecule is CCC(C)[C@@H](CN(C)S(=O)(=O)c1ccccc1)NC(=O)N[C@H](C(=O)N1C[C@H]2[C@@H]([C@H]1C(=O)NC(CC1CCC1)C(=O)C(N)=O)C2(C)C)C(C)(C)C. The molecule has 50 heavy (non-hydrogen) atoms. The Morgan fingerprint density at radius 2 is 1.66 bits per heavy atom. The van der Waals surface area contributed by atoms with Gasteiger partial charge in [-0.1, -0.05) is 92.3 Å². The van der Waals surface area contributed by atoms with Crippen LogP contribution in [-0.2, 0) is 29.2 Å². The van der Waals surface area contributed by atoms with Gasteiger partial charge in [-0.05, 0) is 53.1 Å². The molecule has 5 amide bonds. The quantitative estimate of drug-likeness (QED) is 0.201. The minimum absolute atomic E-state index is 0.00659. The number of nitrogens with two attached hydrogens (primary N) is 1. The van der Waals surface area contributed by atoms with Gasteiger partial charge in [0.2, 0.25) is 27.6 Å². The molecule has 14 heteroatoms. The largest absolute Gasteiger partial charge is 0.363 e. The number of carbonyl (C=O) groups excluding carboxylic acids is 5. The van der Waals surface area contributed by atoms with Crippen molar-refractivity contribution in [3.8, 4) is 0 Å². The number of benzene rings is 1. The van der Waals surface area contributed by atoms with Gasteiger partial charge in [0.1, 0.15) is 12.1 Å². The molecule has 0 spiro atoms. The van der Waals surface area contributed by atoms with Crippen molar-refractivity contribution >= 4 is 39.6 Å². The van der Waals surface area contributed by atoms with Crippen molar-refractivity contribution in [3.05, 3.63) is 30.3 Å². The minimum Gasteiger partial charge on any atom is -0.363 e. The topological polar surface area (TPSA) is 188 Å². The predicted octanol–water partition coefficient (Wildman–Crippen LogP) is 2.65. The average Bonchev–Trinajstić information content (AvgIpc) is 3.33. The molecule has 4 rings (SSSR count). The number of amides is 5. The van der Waals surface area contributed by atoms with Crippen LogP contribution in [0.1, 0.15) is 80.6 Å². The Hall–Kier alpha value is -3.52. The molecule has 1 saturated heterocycles. The van der Waals surface area contributed by atoms with E-state index in [-0.39, 0.29) is 40.5 Å². The second-order valence-electron chi connectivity index (χ2n) is 16.2. The second kappa shape index (κ2) is 15.0. The first kappa shape index (κ1) is 39.3. The molecule has 13 nitrogen and oxygen atoms in total. The molecule has 1 heterocycles. The van der Waals surface area contributed by atoms with E-state index in [2.05, 4.69) is 16.0 Å². The minimum atomic E-state index is -3.82. The van der Waals surface area contributed by atoms with Crippen LogP contribution in [0.5, 0.6) is 0 Å². The summed E-state index contributed by atoms with van der Waals surface area (Å²) in [5.74, 6) is -2.91. The van der Waals surface area contributed by atoms with Crippen LogP contribution >= 0.6 is 0 Å². The van der Waals surface area contributed by atoms with Crippen LogP contribution in [0.15, 0.2) is 35.2 Å². The van der Waals surface area contributed by atoms with E-state index in [4.69, 9.17) is 5.73 Å². The Kier molecular flexibility index (Phi) is 11.8. The Labute approximate surface area is 296 Å². The Bertz CT molecular complexity index is 1560. The highest BCUT2D eigenvalue weighted by Crippen LogP contribution is 2.65. The number of likely N-dealkylation sites (N-methyl/N-ethyl adjacent to an activating group) is 1. The number of primary amides is 1. The fourth-order valence-electron chi connectivity index (χ4n) is 7.49. The van der Waals surface area contributed by atoms with Gasteiger partial charge in [-0.2, -0.15) is 4.31 Å². The third-order valence-electron chi connectivity index (χ3n) is 11.4. The van der Waals surface area contributed by atoms with Crippen molar-refractivity contribution in [2.24, 2.45) is 40.2 Å². The Balaban J connectivity index is 1.52. The molecular formula is C36H56N6O7S. The number of urea groups is 1. The van der Waals surface area contributed by atoms with Gasteiger partial charge in [0.25, 0.3) is 5.91 Å². The van der Waals surface area contributed by atoms with Gasteiger partial charge in [0, 0.05) is 26.2 Å². The lowest BCUT2D eigenvalue weighted by Gasteiger charge is -2.38. The maximum Gasteiger partial charge on any atom is 0.315 e. The van der Waals surface area contributed by atoms with Gasteiger partial charge < -0.3 is 26.6 Å². The zero-order chi connectivity index (χ0) is 37.3. The molecule has 2 aliphatic carbocycles. The molecule has 278 valence electrons. The summed E-state index contributed by atoms with van der Waals surface area (Å²) in [5, 5.41) is 8.57. The van der Waals surface area contributed by atoms with Gasteiger partial charge in [-0.25, -0.2) is 13.2 Å². The Morgan fingerprint density at radius 1 is 1.04 bits per heavy atom. The molecule has 0 bridgehead atoms. The lowest BCUT2D eigenvalue weighted by atomic mass is 9.80. The molecule has 2 unspecified atom stereocenters. The molecule has 5 N–H and O–H groups in total. The summed E-state index contributed by atoms with van der Waals surface area (Å²) in [4.78, 5) is 68.3. The summed E-state index contributed by atoms with van der Waals surface area (Å²) < 4.78 is 27.7. The first-order chi connectivity index (χ1) is 23.2. The highest BCUT2D eigenvalue weighted by atomic mass is 32.2. The van der Waals surface area contributed by atoms with Crippen LogP contribution in [0.4, 0.5) is 4.79 Å². The van der Waals surface area contributed by atoms with Gasteiger partial charge in [-0.15, -0.1) is 0 Å². The van der Waals surface area contributed by atoms with Crippen LogP contribution in [0.25, 0.3) is 0 Å². The first-order valence-electron chi connectivity index (χ1n) is 17.7. The molecule has 2 saturated carbocycles. The monoisotopic (exact) mass is 716 g/mol. The number of sulfonamides is 1. The van der Waals surface area contributed by atoms with E-state index in [1.807, 2.05) is 48.5 Å². The summed E-state index contributed by atoms with van der Waals surface area (Å²) in [6.07, 6.45) is 3.81. The van der Waals surface area contributed by atoms with Crippen LogP contribution in [-0.4, -0.2) is 91.5 Å². The van der Waals surface area contributed by atoms with E-state index < -0.39 is 69.1 Å². The van der Waals surface area contributed by atoms with E-state index in [1.54, 1.807) is 18.2 Å². The van der Waals surface area contributed by atoms with Crippen molar-refractivity contribution in [2.75, 3.05) is 20.1 Å². The van der Waals surface area contributed by atoms with E-state index >= 15 is 0 Å². The van der Waals surface area contributed by atoms with Crippen molar-refractivity contribution < 1.29 is 32.4 Å². The number of fused-ring (bicyclic) bond motifs is 1. The average molecular weight is 717 g/mol. The standard InChI is InChI=1S/C36H56N6O7S/c1-9-21(2)26(20-41(8)50(48,49)23-16-11-10-12-17-23)39-34(47)40-30(35(3,4)5)33(46)42-19-24-27(36(24,6)7)28(42)32(45)38-25(29(43)31(37)44)18-22-14-13-15-22/h10-12,16-17,21-22,24-28,30H,9,13-15,18-20H2,1-8H3,(H2,37,44)(H,38,45)(H2,39,40,47)/t21?,24-,25?,26+,27-,28-,30+/m0/s1. The zero-order valence-corrected chi connectivity index (χ0v) is 31.5. The maximum absolute atomic E-state index is 14.4. The third-order valence-corrected chi connectivity index (χ3v) is 13.2. The number of Topliss-reactive ketones (excluding diaryl/α,β-unsaturated/α-hetero) is 1. The summed E-state index contributed by atoms with van der Waals surface area (Å²) in [7, 11) is -2.35. The lowest BCUT2D eigenvalue weighted by molar-refractivity contribution is -0.145. The van der Waals surface area contributed by atoms with E-state index in [1.165, 1.54) is 28.4 Å². The van der Waals surface area contributed by atoms with Gasteiger partial charge in [0.05, 0.1) is 10.9 Å². The van der Waals surface area contributed by atoms with Crippen LogP contribution in [0.3, 0.4) is 0 Å². The molecule has 3 aliphatic rings. The van der Waals surface area contributed by atoms with E-state index in [0.717, 1.165) is 19.3 Å². The van der Waals surface area contributed by atoms with E-state index in [9.17, 15) is 32.4 Å². The first-order valence-corrected chi connectivity index (χ1v) is 19.2. The molecule has 1 aromatic rings. The summed E-state index contributed by atoms with van der Waals surface area (Å²) in [6.45, 7) is 13.7. The highest BCUT2D eigenvalue weighted by Gasteiger charge is 2.70. The van der Waals surface area contributed by atoms with Crippen LogP contribution < -0.4 is 21.7 Å². The van der Waals surface area contributed by atoms with Gasteiger partial charge >= 0.3 is 6.03 Å². The van der Waals surface area contributed by atoms with Crippen molar-refractivity contribution in [1.82, 2.24) is 25.2 Å². The van der Waals surface area contributed by atoms with Crippen molar-refractivity contribution in [3.63, 3.8) is 0 Å². The van der Waals surface area contributed by atoms with Gasteiger partial charge in [0.15, 0.2) is 0 Å². The summed E-state index contributed by atoms with van der Waals surface area (Å²) >= 11 is 0. The molecule has 0 aromatic heterocycles. The predicted molar refractivity (Wildman–Crippen MR) is 189 cm³/mol. The molecule has 1 aromatic carbocycles. The van der Waals surface area contributed by atoms with Gasteiger partial charge in [-0.3, -0.25) is 19.2 Å². The van der Waals surface area contributed by atoms with Crippen LogP contribution in [0.2, 0.25) is 0 Å². The number of nitrogens with one attached hydrogen (secondary N) is 3. The lowest BCUT2D eigenvalue weighted by Crippen LogP contribution is -2.62. The van der Waals surface area contributed by atoms with Crippen molar-refractivity contribution in [2.45, 2.75) is 110 Å². The smallest absolute Gasteiger partial charge is 0.315 e. The number of carbonyl (C=O) groups is 5. The van der Waals surface area contributed by atoms with Crippen molar-refractivity contribution in [1.29, 1.82) is 0 Å². The molecule has 0 radical (unpaired) electrons. The van der Waals surface area contributed by atoms with E-state index in [0.29, 0.717) is 19.4 Å². The Morgan fingerprint density at radius 3 is 2.18 bits per heavy atom. The number of nitrogens with zero attached hydrogens (tertiary/aromatic N) is 2. The summed E-state index contributed by atoms with van der Waals surface area (Å²) in [5.41, 5.74) is 4.36. The number of likely N-dealkylation sites (tertiary alicyclic amines) is 1. The number of hydrogen-bond acceptors (Lipinski definition) is 7. The molecule has 1 aliphatic heterocycles. The third kappa shape index (κ3) is 8.33. The number of rotatable bonds is 15. The number of ketones is 1. The number of piperidine rings is 1. The highest BCUT2D eigenvalue weighted by molar-refractivity contribution is 7.89. The summed E-state index contributed by atoms with van der Waals surface area (Å²) in [6, 6.07) is 3.86. The fraction of sp³-hybridized carbons (Fsp3) is 0.694. The number of hydrogen-bond donors (Lipinski definition) is 4. The normalized spacial score (nSPS) is 23.9.